The monoisotopic (exact) mass is 613 g/mol. The van der Waals surface area contributed by atoms with Crippen LogP contribution in [0.3, 0.4) is 0 Å². The van der Waals surface area contributed by atoms with E-state index in [0.29, 0.717) is 25.8 Å². The molecule has 0 unspecified atom stereocenters. The number of aliphatic hydroxyl groups excluding tert-OH is 1. The lowest BCUT2D eigenvalue weighted by atomic mass is 10.0. The fourth-order valence-corrected chi connectivity index (χ4v) is 4.64. The molecule has 0 bridgehead atoms. The zero-order chi connectivity index (χ0) is 32.9. The molecule has 0 aromatic carbocycles. The van der Waals surface area contributed by atoms with Gasteiger partial charge in [0, 0.05) is 6.54 Å². The Kier molecular flexibility index (Phi) is 15.5. The number of primary amides is 2. The van der Waals surface area contributed by atoms with Crippen LogP contribution in [-0.2, 0) is 33.6 Å². The van der Waals surface area contributed by atoms with E-state index in [0.717, 1.165) is 0 Å². The molecule has 7 amide bonds. The minimum absolute atomic E-state index is 0.177. The number of nitrogens with zero attached hydrogens (tertiary/aromatic N) is 1. The molecule has 0 spiro atoms. The number of likely N-dealkylation sites (tertiary alicyclic amines) is 1. The largest absolute Gasteiger partial charge is 0.391 e. The van der Waals surface area contributed by atoms with Gasteiger partial charge in [0.15, 0.2) is 0 Å². The van der Waals surface area contributed by atoms with E-state index in [1.54, 1.807) is 13.8 Å². The number of amides is 7. The topological polar surface area (TPSA) is 295 Å². The molecule has 1 saturated heterocycles. The lowest BCUT2D eigenvalue weighted by Gasteiger charge is -2.31. The molecule has 1 aliphatic rings. The maximum Gasteiger partial charge on any atom is 0.245 e. The van der Waals surface area contributed by atoms with Gasteiger partial charge in [-0.2, -0.15) is 0 Å². The van der Waals surface area contributed by atoms with Crippen LogP contribution in [0, 0.1) is 5.92 Å². The van der Waals surface area contributed by atoms with E-state index in [-0.39, 0.29) is 31.8 Å². The van der Waals surface area contributed by atoms with Gasteiger partial charge in [0.05, 0.1) is 19.1 Å². The summed E-state index contributed by atoms with van der Waals surface area (Å²) in [4.78, 5) is 89.4. The lowest BCUT2D eigenvalue weighted by Crippen LogP contribution is -2.60. The molecule has 244 valence electrons. The highest BCUT2D eigenvalue weighted by molar-refractivity contribution is 5.98. The van der Waals surface area contributed by atoms with Crippen LogP contribution in [0.2, 0.25) is 0 Å². The molecule has 1 rings (SSSR count). The van der Waals surface area contributed by atoms with Gasteiger partial charge in [-0.15, -0.1) is 0 Å². The molecule has 17 nitrogen and oxygen atoms in total. The molecule has 0 aliphatic carbocycles. The van der Waals surface area contributed by atoms with Crippen molar-refractivity contribution in [3.8, 4) is 0 Å². The van der Waals surface area contributed by atoms with Crippen molar-refractivity contribution in [3.63, 3.8) is 0 Å². The van der Waals surface area contributed by atoms with E-state index < -0.39 is 84.1 Å². The van der Waals surface area contributed by atoms with Gasteiger partial charge in [-0.25, -0.2) is 0 Å². The first-order valence-corrected chi connectivity index (χ1v) is 14.3. The number of hydrogen-bond acceptors (Lipinski definition) is 10. The summed E-state index contributed by atoms with van der Waals surface area (Å²) in [7, 11) is 0. The fourth-order valence-electron chi connectivity index (χ4n) is 4.64. The van der Waals surface area contributed by atoms with E-state index in [4.69, 9.17) is 22.9 Å². The van der Waals surface area contributed by atoms with Crippen LogP contribution in [0.1, 0.15) is 59.3 Å². The zero-order valence-corrected chi connectivity index (χ0v) is 25.0. The second kappa shape index (κ2) is 18.0. The van der Waals surface area contributed by atoms with Crippen molar-refractivity contribution in [2.45, 2.75) is 95.6 Å². The van der Waals surface area contributed by atoms with Crippen molar-refractivity contribution < 1.29 is 38.7 Å². The summed E-state index contributed by atoms with van der Waals surface area (Å²) in [5.41, 5.74) is 21.4. The van der Waals surface area contributed by atoms with Gasteiger partial charge >= 0.3 is 0 Å². The Bertz CT molecular complexity index is 1020. The molecule has 1 heterocycles. The third-order valence-corrected chi connectivity index (χ3v) is 6.98. The van der Waals surface area contributed by atoms with E-state index in [2.05, 4.69) is 21.3 Å². The van der Waals surface area contributed by atoms with Crippen LogP contribution in [0.25, 0.3) is 0 Å². The molecular formula is C26H47N9O8. The summed E-state index contributed by atoms with van der Waals surface area (Å²) < 4.78 is 0. The minimum Gasteiger partial charge on any atom is -0.391 e. The first-order chi connectivity index (χ1) is 20.1. The van der Waals surface area contributed by atoms with Crippen LogP contribution in [-0.4, -0.2) is 107 Å². The number of carbonyl (C=O) groups is 7. The molecule has 17 heteroatoms. The third kappa shape index (κ3) is 11.8. The second-order valence-corrected chi connectivity index (χ2v) is 10.9. The molecule has 0 aromatic heterocycles. The van der Waals surface area contributed by atoms with Crippen molar-refractivity contribution in [3.05, 3.63) is 0 Å². The number of rotatable bonds is 18. The maximum absolute atomic E-state index is 13.7. The molecular weight excluding hydrogens is 566 g/mol. The van der Waals surface area contributed by atoms with E-state index in [1.165, 1.54) is 11.8 Å². The number of unbranched alkanes of at least 4 members (excludes halogenated alkanes) is 1. The molecule has 6 atom stereocenters. The number of nitrogens with one attached hydrogen (secondary N) is 4. The highest BCUT2D eigenvalue weighted by Gasteiger charge is 2.40. The Balaban J connectivity index is 3.16. The number of aliphatic hydroxyl groups is 1. The Hall–Kier alpha value is -3.83. The summed E-state index contributed by atoms with van der Waals surface area (Å²) in [5, 5.41) is 19.6. The summed E-state index contributed by atoms with van der Waals surface area (Å²) in [5.74, 6) is -5.72. The van der Waals surface area contributed by atoms with Crippen LogP contribution < -0.4 is 44.2 Å². The number of nitrogens with two attached hydrogens (primary N) is 4. The third-order valence-electron chi connectivity index (χ3n) is 6.98. The maximum atomic E-state index is 13.7. The smallest absolute Gasteiger partial charge is 0.245 e. The van der Waals surface area contributed by atoms with Gasteiger partial charge in [-0.1, -0.05) is 13.8 Å². The van der Waals surface area contributed by atoms with E-state index >= 15 is 0 Å². The van der Waals surface area contributed by atoms with E-state index in [9.17, 15) is 38.7 Å². The van der Waals surface area contributed by atoms with Crippen molar-refractivity contribution >= 4 is 41.4 Å². The van der Waals surface area contributed by atoms with Crippen LogP contribution >= 0.6 is 0 Å². The van der Waals surface area contributed by atoms with Crippen molar-refractivity contribution in [1.82, 2.24) is 26.2 Å². The first kappa shape index (κ1) is 37.2. The van der Waals surface area contributed by atoms with Crippen molar-refractivity contribution in [1.29, 1.82) is 0 Å². The van der Waals surface area contributed by atoms with Crippen molar-refractivity contribution in [2.24, 2.45) is 28.9 Å². The Morgan fingerprint density at radius 1 is 0.860 bits per heavy atom. The Morgan fingerprint density at radius 2 is 1.51 bits per heavy atom. The Morgan fingerprint density at radius 3 is 2.02 bits per heavy atom. The van der Waals surface area contributed by atoms with Gasteiger partial charge in [0.1, 0.15) is 30.2 Å². The average molecular weight is 614 g/mol. The summed E-state index contributed by atoms with van der Waals surface area (Å²) in [6.45, 7) is 4.88. The van der Waals surface area contributed by atoms with Crippen LogP contribution in [0.4, 0.5) is 0 Å². The van der Waals surface area contributed by atoms with Crippen LogP contribution in [0.15, 0.2) is 0 Å². The molecule has 0 saturated carbocycles. The van der Waals surface area contributed by atoms with Gasteiger partial charge in [0.25, 0.3) is 0 Å². The van der Waals surface area contributed by atoms with E-state index in [1.807, 2.05) is 0 Å². The number of hydrogen-bond donors (Lipinski definition) is 9. The minimum atomic E-state index is -1.53. The SMILES string of the molecule is CC(C)[C@H](NC(=O)CN)C(=O)N[C@@H](CCCCN)C(=O)N1CCC[C@H]1C(=O)N[C@@H](CC(N)=O)C(=O)N[C@H](C(N)=O)[C@@H](C)O. The zero-order valence-electron chi connectivity index (χ0n) is 25.0. The first-order valence-electron chi connectivity index (χ1n) is 14.3. The predicted octanol–water partition coefficient (Wildman–Crippen LogP) is -4.60. The highest BCUT2D eigenvalue weighted by atomic mass is 16.3. The number of carbonyl (C=O) groups excluding carboxylic acids is 7. The van der Waals surface area contributed by atoms with Gasteiger partial charge in [-0.05, 0) is 51.5 Å². The highest BCUT2D eigenvalue weighted by Crippen LogP contribution is 2.21. The van der Waals surface area contributed by atoms with Gasteiger partial charge in [-0.3, -0.25) is 33.6 Å². The van der Waals surface area contributed by atoms with Gasteiger partial charge < -0.3 is 54.2 Å². The molecule has 0 aromatic rings. The fraction of sp³-hybridized carbons (Fsp3) is 0.731. The normalized spacial score (nSPS) is 18.1. The molecule has 43 heavy (non-hydrogen) atoms. The lowest BCUT2D eigenvalue weighted by molar-refractivity contribution is -0.143. The molecule has 1 aliphatic heterocycles. The quantitative estimate of drug-likeness (QED) is 0.0666. The van der Waals surface area contributed by atoms with Gasteiger partial charge in [0.2, 0.25) is 41.4 Å². The average Bonchev–Trinajstić information content (AvgIpc) is 3.42. The van der Waals surface area contributed by atoms with Crippen LogP contribution in [0.5, 0.6) is 0 Å². The molecule has 13 N–H and O–H groups in total. The predicted molar refractivity (Wildman–Crippen MR) is 154 cm³/mol. The van der Waals surface area contributed by atoms with Crippen molar-refractivity contribution in [2.75, 3.05) is 19.6 Å². The molecule has 0 radical (unpaired) electrons. The molecule has 1 fully saturated rings. The Labute approximate surface area is 250 Å². The summed E-state index contributed by atoms with van der Waals surface area (Å²) in [6.07, 6.45) is -0.0547. The summed E-state index contributed by atoms with van der Waals surface area (Å²) >= 11 is 0. The standard InChI is InChI=1S/C26H47N9O8/c1-13(2)20(33-19(38)12-28)25(42)31-15(7-4-5-9-27)26(43)35-10-6-8-17(35)24(41)32-16(11-18(29)37)23(40)34-21(14(3)36)22(30)39/h13-17,20-21,36H,4-12,27-28H2,1-3H3,(H2,29,37)(H2,30,39)(H,31,42)(H,32,41)(H,33,38)(H,34,40)/t14-,15+,16+,17+,20+,21+/m1/s1. The summed E-state index contributed by atoms with van der Waals surface area (Å²) in [6, 6.07) is -6.08. The second-order valence-electron chi connectivity index (χ2n) is 10.9.